The van der Waals surface area contributed by atoms with E-state index in [1.54, 1.807) is 6.20 Å². The van der Waals surface area contributed by atoms with Gasteiger partial charge in [0.05, 0.1) is 11.9 Å². The Balaban J connectivity index is 1.43. The van der Waals surface area contributed by atoms with Gasteiger partial charge in [0.1, 0.15) is 5.82 Å². The van der Waals surface area contributed by atoms with Crippen LogP contribution in [0.4, 0.5) is 11.5 Å². The van der Waals surface area contributed by atoms with Crippen LogP contribution in [0.2, 0.25) is 0 Å². The van der Waals surface area contributed by atoms with Crippen molar-refractivity contribution in [3.63, 3.8) is 0 Å². The Morgan fingerprint density at radius 1 is 0.900 bits per heavy atom. The van der Waals surface area contributed by atoms with Crippen molar-refractivity contribution < 1.29 is 0 Å². The number of nitrogens with zero attached hydrogens (tertiary/aromatic N) is 4. The number of aromatic nitrogens is 1. The van der Waals surface area contributed by atoms with E-state index in [1.807, 2.05) is 12.1 Å². The minimum Gasteiger partial charge on any atom is -0.397 e. The third-order valence-electron chi connectivity index (χ3n) is 4.40. The molecule has 2 fully saturated rings. The van der Waals surface area contributed by atoms with Crippen molar-refractivity contribution in [1.29, 1.82) is 0 Å². The Hall–Kier alpha value is -1.33. The number of pyridine rings is 1. The van der Waals surface area contributed by atoms with Crippen molar-refractivity contribution in [3.05, 3.63) is 18.3 Å². The van der Waals surface area contributed by atoms with Crippen LogP contribution in [0.1, 0.15) is 12.8 Å². The predicted molar refractivity (Wildman–Crippen MR) is 83.0 cm³/mol. The summed E-state index contributed by atoms with van der Waals surface area (Å²) in [5.74, 6) is 1.05. The first-order valence-electron chi connectivity index (χ1n) is 7.72. The summed E-state index contributed by atoms with van der Waals surface area (Å²) in [4.78, 5) is 11.9. The highest BCUT2D eigenvalue weighted by Gasteiger charge is 2.19. The second kappa shape index (κ2) is 6.41. The average Bonchev–Trinajstić information content (AvgIpc) is 3.00. The molecule has 110 valence electrons. The molecule has 2 N–H and O–H groups in total. The molecule has 3 rings (SSSR count). The van der Waals surface area contributed by atoms with E-state index in [1.165, 1.54) is 39.0 Å². The Kier molecular flexibility index (Phi) is 4.38. The third kappa shape index (κ3) is 3.41. The normalized spacial score (nSPS) is 21.5. The second-order valence-electron chi connectivity index (χ2n) is 5.83. The maximum Gasteiger partial charge on any atom is 0.128 e. The zero-order valence-electron chi connectivity index (χ0n) is 12.2. The zero-order valence-corrected chi connectivity index (χ0v) is 12.2. The van der Waals surface area contributed by atoms with Crippen LogP contribution in [0.15, 0.2) is 18.3 Å². The van der Waals surface area contributed by atoms with Gasteiger partial charge in [-0.05, 0) is 38.1 Å². The van der Waals surface area contributed by atoms with Crippen LogP contribution in [0.3, 0.4) is 0 Å². The highest BCUT2D eigenvalue weighted by Crippen LogP contribution is 2.15. The number of likely N-dealkylation sites (tertiary alicyclic amines) is 1. The zero-order chi connectivity index (χ0) is 13.8. The summed E-state index contributed by atoms with van der Waals surface area (Å²) in [5.41, 5.74) is 6.42. The Morgan fingerprint density at radius 3 is 2.15 bits per heavy atom. The van der Waals surface area contributed by atoms with Gasteiger partial charge in [0.25, 0.3) is 0 Å². The lowest BCUT2D eigenvalue weighted by molar-refractivity contribution is 0.215. The van der Waals surface area contributed by atoms with Crippen LogP contribution < -0.4 is 10.6 Å². The SMILES string of the molecule is Nc1ccc(N2CCN(CCN3CCCC3)CC2)nc1. The van der Waals surface area contributed by atoms with Crippen LogP contribution in [0, 0.1) is 0 Å². The van der Waals surface area contributed by atoms with E-state index >= 15 is 0 Å². The van der Waals surface area contributed by atoms with Gasteiger partial charge < -0.3 is 15.5 Å². The Labute approximate surface area is 121 Å². The summed E-state index contributed by atoms with van der Waals surface area (Å²) in [6.45, 7) is 9.46. The first kappa shape index (κ1) is 13.6. The lowest BCUT2D eigenvalue weighted by Gasteiger charge is -2.36. The van der Waals surface area contributed by atoms with Gasteiger partial charge in [-0.2, -0.15) is 0 Å². The van der Waals surface area contributed by atoms with Gasteiger partial charge in [0.15, 0.2) is 0 Å². The Morgan fingerprint density at radius 2 is 1.55 bits per heavy atom. The van der Waals surface area contributed by atoms with Crippen LogP contribution >= 0.6 is 0 Å². The minimum absolute atomic E-state index is 0.734. The minimum atomic E-state index is 0.734. The van der Waals surface area contributed by atoms with E-state index in [4.69, 9.17) is 5.73 Å². The number of rotatable bonds is 4. The summed E-state index contributed by atoms with van der Waals surface area (Å²) in [7, 11) is 0. The molecular formula is C15H25N5. The van der Waals surface area contributed by atoms with Crippen molar-refractivity contribution in [2.75, 3.05) is 63.0 Å². The third-order valence-corrected chi connectivity index (χ3v) is 4.40. The molecule has 0 bridgehead atoms. The fraction of sp³-hybridized carbons (Fsp3) is 0.667. The quantitative estimate of drug-likeness (QED) is 0.884. The summed E-state index contributed by atoms with van der Waals surface area (Å²) in [6.07, 6.45) is 4.52. The van der Waals surface area contributed by atoms with Gasteiger partial charge in [-0.25, -0.2) is 4.98 Å². The molecule has 0 radical (unpaired) electrons. The molecule has 5 nitrogen and oxygen atoms in total. The number of hydrogen-bond donors (Lipinski definition) is 1. The van der Waals surface area contributed by atoms with Crippen LogP contribution in [-0.4, -0.2) is 67.1 Å². The molecule has 1 aromatic heterocycles. The van der Waals surface area contributed by atoms with Crippen LogP contribution in [0.5, 0.6) is 0 Å². The van der Waals surface area contributed by atoms with Crippen molar-refractivity contribution in [3.8, 4) is 0 Å². The van der Waals surface area contributed by atoms with Gasteiger partial charge in [0.2, 0.25) is 0 Å². The van der Waals surface area contributed by atoms with E-state index in [9.17, 15) is 0 Å². The highest BCUT2D eigenvalue weighted by molar-refractivity contribution is 5.46. The topological polar surface area (TPSA) is 48.6 Å². The average molecular weight is 275 g/mol. The number of piperazine rings is 1. The summed E-state index contributed by atoms with van der Waals surface area (Å²) < 4.78 is 0. The molecular weight excluding hydrogens is 250 g/mol. The molecule has 0 aliphatic carbocycles. The molecule has 2 saturated heterocycles. The predicted octanol–water partition coefficient (Wildman–Crippen LogP) is 0.882. The smallest absolute Gasteiger partial charge is 0.128 e. The lowest BCUT2D eigenvalue weighted by Crippen LogP contribution is -2.48. The monoisotopic (exact) mass is 275 g/mol. The molecule has 1 aromatic rings. The Bertz CT molecular complexity index is 405. The highest BCUT2D eigenvalue weighted by atomic mass is 15.3. The number of hydrogen-bond acceptors (Lipinski definition) is 5. The molecule has 2 aliphatic rings. The van der Waals surface area contributed by atoms with Crippen LogP contribution in [0.25, 0.3) is 0 Å². The molecule has 0 saturated carbocycles. The van der Waals surface area contributed by atoms with Gasteiger partial charge in [-0.1, -0.05) is 0 Å². The first-order valence-corrected chi connectivity index (χ1v) is 7.72. The van der Waals surface area contributed by atoms with Gasteiger partial charge >= 0.3 is 0 Å². The molecule has 0 amide bonds. The van der Waals surface area contributed by atoms with Gasteiger partial charge in [-0.3, -0.25) is 4.90 Å². The van der Waals surface area contributed by atoms with Crippen molar-refractivity contribution in [2.45, 2.75) is 12.8 Å². The lowest BCUT2D eigenvalue weighted by atomic mass is 10.3. The number of nitrogens with two attached hydrogens (primary N) is 1. The molecule has 0 aromatic carbocycles. The first-order chi connectivity index (χ1) is 9.81. The molecule has 2 aliphatic heterocycles. The largest absolute Gasteiger partial charge is 0.397 e. The van der Waals surface area contributed by atoms with E-state index in [0.717, 1.165) is 37.7 Å². The van der Waals surface area contributed by atoms with Crippen molar-refractivity contribution in [1.82, 2.24) is 14.8 Å². The second-order valence-corrected chi connectivity index (χ2v) is 5.83. The standard InChI is InChI=1S/C15H25N5/c16-14-3-4-15(17-13-14)20-11-9-19(10-12-20)8-7-18-5-1-2-6-18/h3-4,13H,1-2,5-12,16H2. The van der Waals surface area contributed by atoms with E-state index in [0.29, 0.717) is 0 Å². The molecule has 5 heteroatoms. The van der Waals surface area contributed by atoms with Crippen molar-refractivity contribution in [2.24, 2.45) is 0 Å². The fourth-order valence-corrected chi connectivity index (χ4v) is 3.07. The van der Waals surface area contributed by atoms with Gasteiger partial charge in [0, 0.05) is 39.3 Å². The number of anilines is 2. The molecule has 3 heterocycles. The van der Waals surface area contributed by atoms with E-state index in [-0.39, 0.29) is 0 Å². The molecule has 0 spiro atoms. The summed E-state index contributed by atoms with van der Waals surface area (Å²) in [6, 6.07) is 3.96. The maximum atomic E-state index is 5.68. The fourth-order valence-electron chi connectivity index (χ4n) is 3.07. The maximum absolute atomic E-state index is 5.68. The van der Waals surface area contributed by atoms with E-state index < -0.39 is 0 Å². The van der Waals surface area contributed by atoms with Gasteiger partial charge in [-0.15, -0.1) is 0 Å². The number of nitrogen functional groups attached to an aromatic ring is 1. The van der Waals surface area contributed by atoms with Crippen LogP contribution in [-0.2, 0) is 0 Å². The van der Waals surface area contributed by atoms with Crippen molar-refractivity contribution >= 4 is 11.5 Å². The molecule has 20 heavy (non-hydrogen) atoms. The molecule has 0 unspecified atom stereocenters. The molecule has 0 atom stereocenters. The summed E-state index contributed by atoms with van der Waals surface area (Å²) >= 11 is 0. The van der Waals surface area contributed by atoms with E-state index in [2.05, 4.69) is 19.7 Å². The summed E-state index contributed by atoms with van der Waals surface area (Å²) in [5, 5.41) is 0.